The topological polar surface area (TPSA) is 135 Å². The lowest BCUT2D eigenvalue weighted by atomic mass is 9.78. The van der Waals surface area contributed by atoms with Crippen molar-refractivity contribution in [2.24, 2.45) is 0 Å². The molecular formula is C27H34N8O3S. The zero-order chi connectivity index (χ0) is 28.2. The van der Waals surface area contributed by atoms with Gasteiger partial charge in [-0.2, -0.15) is 17.0 Å². The van der Waals surface area contributed by atoms with Crippen LogP contribution in [0.3, 0.4) is 0 Å². The van der Waals surface area contributed by atoms with Gasteiger partial charge >= 0.3 is 6.03 Å². The average Bonchev–Trinajstić information content (AvgIpc) is 2.90. The zero-order valence-corrected chi connectivity index (χ0v) is 23.6. The normalized spacial score (nSPS) is 16.8. The lowest BCUT2D eigenvalue weighted by molar-refractivity contribution is -0.136. The van der Waals surface area contributed by atoms with E-state index in [1.165, 1.54) is 11.1 Å². The van der Waals surface area contributed by atoms with Gasteiger partial charge in [0.25, 0.3) is 0 Å². The number of hydrogen-bond donors (Lipinski definition) is 2. The Morgan fingerprint density at radius 1 is 1.28 bits per heavy atom. The molecule has 0 radical (unpaired) electrons. The van der Waals surface area contributed by atoms with E-state index in [4.69, 9.17) is 0 Å². The molecule has 4 rings (SSSR count). The van der Waals surface area contributed by atoms with Crippen molar-refractivity contribution < 1.29 is 14.4 Å². The molecule has 0 saturated carbocycles. The molecule has 0 bridgehead atoms. The van der Waals surface area contributed by atoms with Crippen molar-refractivity contribution in [3.63, 3.8) is 0 Å². The molecule has 3 amide bonds. The maximum atomic E-state index is 13.4. The Balaban J connectivity index is 1.61. The second kappa shape index (κ2) is 12.0. The first kappa shape index (κ1) is 28.3. The van der Waals surface area contributed by atoms with E-state index in [1.54, 1.807) is 22.7 Å². The molecule has 0 atom stereocenters. The molecule has 4 heterocycles. The van der Waals surface area contributed by atoms with E-state index >= 15 is 0 Å². The number of anilines is 3. The maximum absolute atomic E-state index is 13.4. The van der Waals surface area contributed by atoms with Crippen molar-refractivity contribution in [1.82, 2.24) is 19.8 Å². The fourth-order valence-electron chi connectivity index (χ4n) is 4.74. The minimum atomic E-state index is -0.426. The van der Waals surface area contributed by atoms with Crippen LogP contribution in [0.1, 0.15) is 47.4 Å². The number of nitrogens with zero attached hydrogens (tertiary/aromatic N) is 6. The molecule has 2 aromatic heterocycles. The van der Waals surface area contributed by atoms with E-state index in [-0.39, 0.29) is 17.0 Å². The van der Waals surface area contributed by atoms with Crippen LogP contribution in [-0.2, 0) is 16.8 Å². The van der Waals surface area contributed by atoms with Crippen LogP contribution in [0, 0.1) is 11.3 Å². The molecule has 0 unspecified atom stereocenters. The standard InChI is InChI=1S/C27H34N8O3S/c1-27(2)5-7-35(26(38)32-23-12-21(29-6-10-39-4)19(13-28)14-30-23)25-20(27)11-18(22(17-36)31-25)15-34-9-8-33(3)16-24(34)37/h11-12,14,17H,5-10,15-16H2,1-4H3,(H2,29,30,32,38). The molecule has 12 heteroatoms. The molecule has 0 spiro atoms. The van der Waals surface area contributed by atoms with E-state index < -0.39 is 6.03 Å². The van der Waals surface area contributed by atoms with Gasteiger partial charge in [0.05, 0.1) is 17.8 Å². The Bertz CT molecular complexity index is 1310. The second-order valence-electron chi connectivity index (χ2n) is 10.4. The number of nitriles is 1. The van der Waals surface area contributed by atoms with Gasteiger partial charge in [-0.3, -0.25) is 24.7 Å². The average molecular weight is 551 g/mol. The highest BCUT2D eigenvalue weighted by Crippen LogP contribution is 2.40. The van der Waals surface area contributed by atoms with E-state index in [0.29, 0.717) is 73.9 Å². The molecule has 1 fully saturated rings. The number of thioether (sulfide) groups is 1. The lowest BCUT2D eigenvalue weighted by Crippen LogP contribution is -2.48. The Morgan fingerprint density at radius 3 is 2.77 bits per heavy atom. The Hall–Kier alpha value is -3.69. The third-order valence-corrected chi connectivity index (χ3v) is 7.78. The van der Waals surface area contributed by atoms with E-state index in [9.17, 15) is 19.6 Å². The molecule has 206 valence electrons. The summed E-state index contributed by atoms with van der Waals surface area (Å²) in [5.74, 6) is 1.60. The number of carbonyl (C=O) groups is 3. The van der Waals surface area contributed by atoms with Gasteiger partial charge in [0.1, 0.15) is 23.4 Å². The predicted octanol–water partition coefficient (Wildman–Crippen LogP) is 2.93. The molecule has 2 N–H and O–H groups in total. The molecular weight excluding hydrogens is 516 g/mol. The van der Waals surface area contributed by atoms with Gasteiger partial charge in [-0.05, 0) is 31.2 Å². The molecule has 0 aliphatic carbocycles. The monoisotopic (exact) mass is 550 g/mol. The van der Waals surface area contributed by atoms with Crippen molar-refractivity contribution in [2.75, 3.05) is 67.3 Å². The first-order valence-corrected chi connectivity index (χ1v) is 14.2. The number of amides is 3. The van der Waals surface area contributed by atoms with Gasteiger partial charge in [-0.25, -0.2) is 14.8 Å². The summed E-state index contributed by atoms with van der Waals surface area (Å²) < 4.78 is 0. The number of likely N-dealkylation sites (N-methyl/N-ethyl adjacent to an activating group) is 1. The van der Waals surface area contributed by atoms with Crippen LogP contribution in [0.15, 0.2) is 18.3 Å². The molecule has 0 aromatic carbocycles. The Kier molecular flexibility index (Phi) is 8.72. The summed E-state index contributed by atoms with van der Waals surface area (Å²) in [6.45, 7) is 7.22. The SMILES string of the molecule is CSCCNc1cc(NC(=O)N2CCC(C)(C)c3cc(CN4CCN(C)CC4=O)c(C=O)nc32)ncc1C#N. The highest BCUT2D eigenvalue weighted by atomic mass is 32.2. The van der Waals surface area contributed by atoms with Crippen LogP contribution in [0.25, 0.3) is 0 Å². The van der Waals surface area contributed by atoms with Gasteiger partial charge < -0.3 is 10.2 Å². The fourth-order valence-corrected chi connectivity index (χ4v) is 5.05. The number of fused-ring (bicyclic) bond motifs is 1. The largest absolute Gasteiger partial charge is 0.383 e. The first-order chi connectivity index (χ1) is 18.7. The van der Waals surface area contributed by atoms with Gasteiger partial charge in [0.2, 0.25) is 5.91 Å². The summed E-state index contributed by atoms with van der Waals surface area (Å²) in [5, 5.41) is 15.5. The third kappa shape index (κ3) is 6.32. The molecule has 39 heavy (non-hydrogen) atoms. The van der Waals surface area contributed by atoms with Crippen LogP contribution < -0.4 is 15.5 Å². The van der Waals surface area contributed by atoms with Crippen molar-refractivity contribution >= 4 is 47.3 Å². The number of carbonyl (C=O) groups excluding carboxylic acids is 3. The summed E-state index contributed by atoms with van der Waals surface area (Å²) >= 11 is 1.68. The van der Waals surface area contributed by atoms with Crippen LogP contribution in [-0.4, -0.2) is 89.8 Å². The number of aldehydes is 1. The summed E-state index contributed by atoms with van der Waals surface area (Å²) in [6, 6.07) is 5.26. The highest BCUT2D eigenvalue weighted by molar-refractivity contribution is 7.98. The van der Waals surface area contributed by atoms with Crippen molar-refractivity contribution in [1.29, 1.82) is 5.26 Å². The number of hydrogen-bond acceptors (Lipinski definition) is 9. The van der Waals surface area contributed by atoms with E-state index in [1.807, 2.05) is 24.3 Å². The van der Waals surface area contributed by atoms with E-state index in [2.05, 4.69) is 40.5 Å². The summed E-state index contributed by atoms with van der Waals surface area (Å²) in [6.07, 6.45) is 4.80. The molecule has 11 nitrogen and oxygen atoms in total. The van der Waals surface area contributed by atoms with Gasteiger partial charge in [0, 0.05) is 61.9 Å². The van der Waals surface area contributed by atoms with Crippen molar-refractivity contribution in [3.8, 4) is 6.07 Å². The van der Waals surface area contributed by atoms with Crippen LogP contribution in [0.4, 0.5) is 22.1 Å². The third-order valence-electron chi connectivity index (χ3n) is 7.17. The quantitative estimate of drug-likeness (QED) is 0.376. The summed E-state index contributed by atoms with van der Waals surface area (Å²) in [5.41, 5.74) is 2.43. The number of pyridine rings is 2. The van der Waals surface area contributed by atoms with Crippen molar-refractivity contribution in [2.45, 2.75) is 32.2 Å². The maximum Gasteiger partial charge on any atom is 0.328 e. The molecule has 2 aliphatic rings. The van der Waals surface area contributed by atoms with Crippen LogP contribution in [0.5, 0.6) is 0 Å². The minimum absolute atomic E-state index is 0.0100. The number of nitrogens with one attached hydrogen (secondary N) is 2. The smallest absolute Gasteiger partial charge is 0.328 e. The fraction of sp³-hybridized carbons (Fsp3) is 0.481. The highest BCUT2D eigenvalue weighted by Gasteiger charge is 2.36. The number of rotatable bonds is 8. The van der Waals surface area contributed by atoms with Crippen LogP contribution >= 0.6 is 11.8 Å². The van der Waals surface area contributed by atoms with E-state index in [0.717, 1.165) is 17.9 Å². The Morgan fingerprint density at radius 2 is 2.08 bits per heavy atom. The number of urea groups is 1. The number of piperazine rings is 1. The van der Waals surface area contributed by atoms with Crippen LogP contribution in [0.2, 0.25) is 0 Å². The predicted molar refractivity (Wildman–Crippen MR) is 152 cm³/mol. The first-order valence-electron chi connectivity index (χ1n) is 12.8. The molecule has 1 saturated heterocycles. The summed E-state index contributed by atoms with van der Waals surface area (Å²) in [7, 11) is 1.91. The summed E-state index contributed by atoms with van der Waals surface area (Å²) in [4.78, 5) is 52.2. The molecule has 2 aromatic rings. The zero-order valence-electron chi connectivity index (χ0n) is 22.8. The number of aromatic nitrogens is 2. The minimum Gasteiger partial charge on any atom is -0.383 e. The Labute approximate surface area is 232 Å². The van der Waals surface area contributed by atoms with Gasteiger partial charge in [-0.1, -0.05) is 13.8 Å². The second-order valence-corrected chi connectivity index (χ2v) is 11.4. The molecule has 2 aliphatic heterocycles. The van der Waals surface area contributed by atoms with Gasteiger partial charge in [0.15, 0.2) is 6.29 Å². The van der Waals surface area contributed by atoms with Gasteiger partial charge in [-0.15, -0.1) is 0 Å². The van der Waals surface area contributed by atoms with Crippen molar-refractivity contribution in [3.05, 3.63) is 40.7 Å². The lowest BCUT2D eigenvalue weighted by Gasteiger charge is -2.39.